The van der Waals surface area contributed by atoms with Crippen LogP contribution in [-0.2, 0) is 0 Å². The highest BCUT2D eigenvalue weighted by Gasteiger charge is 2.18. The highest BCUT2D eigenvalue weighted by atomic mass is 35.5. The van der Waals surface area contributed by atoms with Crippen molar-refractivity contribution in [3.8, 4) is 5.75 Å². The molecule has 0 radical (unpaired) electrons. The molecule has 1 N–H and O–H groups in total. The molecule has 2 aromatic rings. The first-order valence-corrected chi connectivity index (χ1v) is 6.85. The Morgan fingerprint density at radius 3 is 2.70 bits per heavy atom. The van der Waals surface area contributed by atoms with Crippen LogP contribution < -0.4 is 10.1 Å². The fraction of sp³-hybridized carbons (Fsp3) is 0.250. The number of rotatable bonds is 5. The highest BCUT2D eigenvalue weighted by Crippen LogP contribution is 2.32. The van der Waals surface area contributed by atoms with Crippen LogP contribution in [0.1, 0.15) is 24.1 Å². The lowest BCUT2D eigenvalue weighted by molar-refractivity contribution is 0.404. The van der Waals surface area contributed by atoms with Gasteiger partial charge in [-0.3, -0.25) is 0 Å². The van der Waals surface area contributed by atoms with Gasteiger partial charge in [-0.25, -0.2) is 4.39 Å². The Hall–Kier alpha value is -1.58. The summed E-state index contributed by atoms with van der Waals surface area (Å²) < 4.78 is 18.8. The van der Waals surface area contributed by atoms with Crippen molar-refractivity contribution >= 4 is 11.6 Å². The smallest absolute Gasteiger partial charge is 0.125 e. The van der Waals surface area contributed by atoms with Gasteiger partial charge in [-0.1, -0.05) is 36.7 Å². The third-order valence-corrected chi connectivity index (χ3v) is 3.33. The first kappa shape index (κ1) is 14.8. The van der Waals surface area contributed by atoms with Crippen LogP contribution in [0.5, 0.6) is 5.75 Å². The molecule has 0 amide bonds. The quantitative estimate of drug-likeness (QED) is 0.892. The van der Waals surface area contributed by atoms with Gasteiger partial charge in [0.2, 0.25) is 0 Å². The topological polar surface area (TPSA) is 21.3 Å². The predicted octanol–water partition coefficient (Wildman–Crippen LogP) is 4.19. The Bertz CT molecular complexity index is 588. The third kappa shape index (κ3) is 3.30. The number of benzene rings is 2. The van der Waals surface area contributed by atoms with Crippen LogP contribution in [0.15, 0.2) is 42.5 Å². The number of ether oxygens (including phenoxy) is 1. The van der Waals surface area contributed by atoms with E-state index in [0.717, 1.165) is 17.7 Å². The summed E-state index contributed by atoms with van der Waals surface area (Å²) >= 11 is 5.99. The van der Waals surface area contributed by atoms with E-state index in [9.17, 15) is 4.39 Å². The maximum Gasteiger partial charge on any atom is 0.125 e. The van der Waals surface area contributed by atoms with Crippen LogP contribution in [0.4, 0.5) is 4.39 Å². The lowest BCUT2D eigenvalue weighted by Gasteiger charge is -2.21. The molecule has 0 fully saturated rings. The predicted molar refractivity (Wildman–Crippen MR) is 79.9 cm³/mol. The van der Waals surface area contributed by atoms with Crippen molar-refractivity contribution in [1.82, 2.24) is 5.32 Å². The zero-order chi connectivity index (χ0) is 14.5. The van der Waals surface area contributed by atoms with Crippen molar-refractivity contribution < 1.29 is 9.13 Å². The van der Waals surface area contributed by atoms with Crippen LogP contribution in [0.3, 0.4) is 0 Å². The van der Waals surface area contributed by atoms with Crippen LogP contribution in [0.2, 0.25) is 5.02 Å². The maximum atomic E-state index is 13.4. The summed E-state index contributed by atoms with van der Waals surface area (Å²) in [6.45, 7) is 2.77. The van der Waals surface area contributed by atoms with Gasteiger partial charge in [0.15, 0.2) is 0 Å². The molecule has 4 heteroatoms. The fourth-order valence-corrected chi connectivity index (χ4v) is 2.38. The van der Waals surface area contributed by atoms with Crippen molar-refractivity contribution in [3.63, 3.8) is 0 Å². The Morgan fingerprint density at radius 1 is 1.25 bits per heavy atom. The van der Waals surface area contributed by atoms with E-state index in [-0.39, 0.29) is 11.9 Å². The largest absolute Gasteiger partial charge is 0.496 e. The molecule has 0 bridgehead atoms. The lowest BCUT2D eigenvalue weighted by atomic mass is 9.97. The van der Waals surface area contributed by atoms with E-state index in [1.54, 1.807) is 19.2 Å². The van der Waals surface area contributed by atoms with Gasteiger partial charge < -0.3 is 10.1 Å². The van der Waals surface area contributed by atoms with Crippen LogP contribution in [-0.4, -0.2) is 13.7 Å². The van der Waals surface area contributed by atoms with Gasteiger partial charge in [-0.2, -0.15) is 0 Å². The van der Waals surface area contributed by atoms with Gasteiger partial charge in [-0.05, 0) is 36.4 Å². The molecule has 1 atom stereocenters. The molecule has 1 unspecified atom stereocenters. The first-order valence-electron chi connectivity index (χ1n) is 6.48. The Balaban J connectivity index is 2.48. The average Bonchev–Trinajstić information content (AvgIpc) is 2.45. The summed E-state index contributed by atoms with van der Waals surface area (Å²) in [4.78, 5) is 0. The molecule has 2 aromatic carbocycles. The number of methoxy groups -OCH3 is 1. The normalized spacial score (nSPS) is 12.2. The maximum absolute atomic E-state index is 13.4. The molecule has 20 heavy (non-hydrogen) atoms. The van der Waals surface area contributed by atoms with Gasteiger partial charge in [-0.15, -0.1) is 0 Å². The number of hydrogen-bond acceptors (Lipinski definition) is 2. The van der Waals surface area contributed by atoms with Crippen LogP contribution in [0.25, 0.3) is 0 Å². The molecule has 2 rings (SSSR count). The molecule has 106 valence electrons. The van der Waals surface area contributed by atoms with E-state index in [1.807, 2.05) is 25.1 Å². The standard InChI is InChI=1S/C16H17ClFNO/c1-3-19-16(11-5-4-6-13(18)9-11)14-8-7-12(17)10-15(14)20-2/h4-10,16,19H,3H2,1-2H3. The lowest BCUT2D eigenvalue weighted by Crippen LogP contribution is -2.22. The highest BCUT2D eigenvalue weighted by molar-refractivity contribution is 6.30. The Morgan fingerprint density at radius 2 is 2.05 bits per heavy atom. The van der Waals surface area contributed by atoms with E-state index in [1.165, 1.54) is 12.1 Å². The molecule has 0 aromatic heterocycles. The fourth-order valence-electron chi connectivity index (χ4n) is 2.22. The molecule has 0 aliphatic heterocycles. The number of nitrogens with one attached hydrogen (secondary N) is 1. The first-order chi connectivity index (χ1) is 9.65. The Labute approximate surface area is 123 Å². The second-order valence-corrected chi connectivity index (χ2v) is 4.87. The van der Waals surface area contributed by atoms with Gasteiger partial charge >= 0.3 is 0 Å². The van der Waals surface area contributed by atoms with Crippen molar-refractivity contribution in [3.05, 3.63) is 64.4 Å². The minimum absolute atomic E-state index is 0.136. The molecule has 0 spiro atoms. The molecule has 0 saturated carbocycles. The summed E-state index contributed by atoms with van der Waals surface area (Å²) in [5, 5.41) is 3.96. The van der Waals surface area contributed by atoms with E-state index < -0.39 is 0 Å². The van der Waals surface area contributed by atoms with Crippen LogP contribution in [0, 0.1) is 5.82 Å². The van der Waals surface area contributed by atoms with Crippen molar-refractivity contribution in [2.75, 3.05) is 13.7 Å². The number of halogens is 2. The summed E-state index contributed by atoms with van der Waals surface area (Å²) in [6.07, 6.45) is 0. The van der Waals surface area contributed by atoms with E-state index in [4.69, 9.17) is 16.3 Å². The second-order valence-electron chi connectivity index (χ2n) is 4.43. The van der Waals surface area contributed by atoms with E-state index in [0.29, 0.717) is 10.8 Å². The zero-order valence-electron chi connectivity index (χ0n) is 11.5. The monoisotopic (exact) mass is 293 g/mol. The van der Waals surface area contributed by atoms with Gasteiger partial charge in [0.25, 0.3) is 0 Å². The minimum Gasteiger partial charge on any atom is -0.496 e. The summed E-state index contributed by atoms with van der Waals surface area (Å²) in [5.74, 6) is 0.436. The zero-order valence-corrected chi connectivity index (χ0v) is 12.2. The van der Waals surface area contributed by atoms with Gasteiger partial charge in [0.05, 0.1) is 13.2 Å². The second kappa shape index (κ2) is 6.73. The van der Waals surface area contributed by atoms with Gasteiger partial charge in [0.1, 0.15) is 11.6 Å². The summed E-state index contributed by atoms with van der Waals surface area (Å²) in [7, 11) is 1.60. The summed E-state index contributed by atoms with van der Waals surface area (Å²) in [5.41, 5.74) is 1.79. The summed E-state index contributed by atoms with van der Waals surface area (Å²) in [6, 6.07) is 11.9. The van der Waals surface area contributed by atoms with Crippen molar-refractivity contribution in [2.24, 2.45) is 0 Å². The molecule has 0 aliphatic carbocycles. The van der Waals surface area contributed by atoms with Crippen molar-refractivity contribution in [1.29, 1.82) is 0 Å². The third-order valence-electron chi connectivity index (χ3n) is 3.10. The Kier molecular flexibility index (Phi) is 4.99. The minimum atomic E-state index is -0.252. The molecule has 2 nitrogen and oxygen atoms in total. The molecular formula is C16H17ClFNO. The van der Waals surface area contributed by atoms with E-state index in [2.05, 4.69) is 5.32 Å². The number of hydrogen-bond donors (Lipinski definition) is 1. The molecule has 0 heterocycles. The molecule has 0 saturated heterocycles. The van der Waals surface area contributed by atoms with Gasteiger partial charge in [0, 0.05) is 10.6 Å². The van der Waals surface area contributed by atoms with Crippen LogP contribution >= 0.6 is 11.6 Å². The molecular weight excluding hydrogens is 277 g/mol. The average molecular weight is 294 g/mol. The molecule has 0 aliphatic rings. The SMILES string of the molecule is CCNC(c1cccc(F)c1)c1ccc(Cl)cc1OC. The van der Waals surface area contributed by atoms with Crippen molar-refractivity contribution in [2.45, 2.75) is 13.0 Å². The van der Waals surface area contributed by atoms with E-state index >= 15 is 0 Å².